The molecule has 0 saturated heterocycles. The number of fused-ring (bicyclic) bond motifs is 1. The number of anilines is 1. The van der Waals surface area contributed by atoms with Gasteiger partial charge in [0.1, 0.15) is 5.82 Å². The number of methoxy groups -OCH3 is 1. The molecule has 0 atom stereocenters. The molecule has 0 bridgehead atoms. The van der Waals surface area contributed by atoms with E-state index in [0.29, 0.717) is 35.3 Å². The van der Waals surface area contributed by atoms with Crippen molar-refractivity contribution in [2.24, 2.45) is 10.2 Å². The number of benzene rings is 2. The molecule has 178 valence electrons. The molecule has 0 aliphatic carbocycles. The highest BCUT2D eigenvalue weighted by Gasteiger charge is 2.26. The lowest BCUT2D eigenvalue weighted by Crippen LogP contribution is -2.24. The van der Waals surface area contributed by atoms with Crippen molar-refractivity contribution in [1.29, 1.82) is 0 Å². The minimum absolute atomic E-state index is 0.0465. The van der Waals surface area contributed by atoms with E-state index >= 15 is 0 Å². The second kappa shape index (κ2) is 12.4. The molecule has 2 aromatic carbocycles. The van der Waals surface area contributed by atoms with Crippen LogP contribution in [0, 0.1) is 5.82 Å². The Balaban J connectivity index is 1.42. The number of esters is 1. The van der Waals surface area contributed by atoms with Crippen LogP contribution in [0.5, 0.6) is 0 Å². The van der Waals surface area contributed by atoms with Gasteiger partial charge in [0.2, 0.25) is 0 Å². The molecule has 8 nitrogen and oxygen atoms in total. The molecule has 0 fully saturated rings. The molecule has 1 aliphatic rings. The highest BCUT2D eigenvalue weighted by molar-refractivity contribution is 6.53. The molecule has 3 rings (SSSR count). The third kappa shape index (κ3) is 7.06. The minimum Gasteiger partial charge on any atom is -0.469 e. The number of unbranched alkanes of at least 4 members (excludes halogenated alkanes) is 4. The first kappa shape index (κ1) is 24.8. The predicted octanol–water partition coefficient (Wildman–Crippen LogP) is 3.84. The largest absolute Gasteiger partial charge is 0.469 e. The summed E-state index contributed by atoms with van der Waals surface area (Å²) in [6.45, 7) is 0.584. The van der Waals surface area contributed by atoms with Crippen LogP contribution in [0.4, 0.5) is 10.1 Å². The van der Waals surface area contributed by atoms with E-state index in [0.717, 1.165) is 32.1 Å². The fourth-order valence-electron chi connectivity index (χ4n) is 3.43. The Kier molecular flexibility index (Phi) is 9.02. The van der Waals surface area contributed by atoms with E-state index in [2.05, 4.69) is 25.6 Å². The lowest BCUT2D eigenvalue weighted by Gasteiger charge is -2.05. The van der Waals surface area contributed by atoms with E-state index in [9.17, 15) is 18.8 Å². The van der Waals surface area contributed by atoms with Gasteiger partial charge >= 0.3 is 5.97 Å². The second-order valence-corrected chi connectivity index (χ2v) is 7.81. The Bertz CT molecular complexity index is 1100. The van der Waals surface area contributed by atoms with Gasteiger partial charge in [0.25, 0.3) is 11.8 Å². The standard InChI is InChI=1S/C25H27FN4O4/c1-34-22(31)7-5-3-2-4-6-14-27-24(32)18-10-8-17(9-11-18)16-28-30-23-20-15-19(26)12-13-21(20)29-25(23)33/h8-13,15-16H,2-7,14H2,1H3,(H,27,32)(H,29,30,33)/b28-16+. The van der Waals surface area contributed by atoms with Crippen molar-refractivity contribution < 1.29 is 23.5 Å². The summed E-state index contributed by atoms with van der Waals surface area (Å²) in [6.07, 6.45) is 6.55. The fourth-order valence-corrected chi connectivity index (χ4v) is 3.43. The van der Waals surface area contributed by atoms with Crippen LogP contribution >= 0.6 is 0 Å². The quantitative estimate of drug-likeness (QED) is 0.227. The Labute approximate surface area is 197 Å². The highest BCUT2D eigenvalue weighted by Crippen LogP contribution is 2.24. The first-order valence-corrected chi connectivity index (χ1v) is 11.2. The fraction of sp³-hybridized carbons (Fsp3) is 0.320. The monoisotopic (exact) mass is 466 g/mol. The van der Waals surface area contributed by atoms with Crippen molar-refractivity contribution in [3.05, 3.63) is 65.0 Å². The van der Waals surface area contributed by atoms with Crippen LogP contribution in [0.2, 0.25) is 0 Å². The molecule has 2 N–H and O–H groups in total. The van der Waals surface area contributed by atoms with Gasteiger partial charge in [0, 0.05) is 24.1 Å². The molecule has 0 spiro atoms. The molecule has 0 radical (unpaired) electrons. The SMILES string of the molecule is COC(=O)CCCCCCCNC(=O)c1ccc(/C=N/N=C2\C(=O)Nc3ccc(F)cc32)cc1. The molecule has 2 amide bonds. The Morgan fingerprint density at radius 3 is 2.56 bits per heavy atom. The Morgan fingerprint density at radius 1 is 1.06 bits per heavy atom. The van der Waals surface area contributed by atoms with Gasteiger partial charge in [-0.1, -0.05) is 31.4 Å². The number of carbonyl (C=O) groups is 3. The van der Waals surface area contributed by atoms with E-state index in [-0.39, 0.29) is 17.6 Å². The van der Waals surface area contributed by atoms with Crippen LogP contribution in [0.3, 0.4) is 0 Å². The van der Waals surface area contributed by atoms with Crippen molar-refractivity contribution in [3.63, 3.8) is 0 Å². The van der Waals surface area contributed by atoms with Crippen molar-refractivity contribution in [2.75, 3.05) is 19.0 Å². The van der Waals surface area contributed by atoms with Gasteiger partial charge < -0.3 is 15.4 Å². The maximum Gasteiger partial charge on any atom is 0.305 e. The van der Waals surface area contributed by atoms with Crippen LogP contribution in [0.1, 0.15) is 60.0 Å². The van der Waals surface area contributed by atoms with Gasteiger partial charge in [-0.3, -0.25) is 14.4 Å². The summed E-state index contributed by atoms with van der Waals surface area (Å²) >= 11 is 0. The number of nitrogens with one attached hydrogen (secondary N) is 2. The van der Waals surface area contributed by atoms with Gasteiger partial charge in [-0.15, -0.1) is 5.10 Å². The van der Waals surface area contributed by atoms with E-state index < -0.39 is 11.7 Å². The van der Waals surface area contributed by atoms with E-state index in [1.54, 1.807) is 24.3 Å². The average molecular weight is 467 g/mol. The molecule has 0 aromatic heterocycles. The molecular formula is C25H27FN4O4. The van der Waals surface area contributed by atoms with E-state index in [1.807, 2.05) is 0 Å². The predicted molar refractivity (Wildman–Crippen MR) is 128 cm³/mol. The first-order valence-electron chi connectivity index (χ1n) is 11.2. The zero-order chi connectivity index (χ0) is 24.3. The van der Waals surface area contributed by atoms with Gasteiger partial charge in [-0.2, -0.15) is 5.10 Å². The first-order chi connectivity index (χ1) is 16.5. The van der Waals surface area contributed by atoms with Gasteiger partial charge in [0.05, 0.1) is 19.0 Å². The molecule has 0 unspecified atom stereocenters. The Hall–Kier alpha value is -3.88. The molecule has 2 aromatic rings. The van der Waals surface area contributed by atoms with Crippen LogP contribution in [-0.4, -0.2) is 43.4 Å². The third-order valence-electron chi connectivity index (χ3n) is 5.31. The summed E-state index contributed by atoms with van der Waals surface area (Å²) in [7, 11) is 1.39. The molecule has 0 saturated carbocycles. The molecule has 1 aliphatic heterocycles. The van der Waals surface area contributed by atoms with Crippen LogP contribution < -0.4 is 10.6 Å². The van der Waals surface area contributed by atoms with Crippen molar-refractivity contribution in [1.82, 2.24) is 5.32 Å². The zero-order valence-corrected chi connectivity index (χ0v) is 19.0. The van der Waals surface area contributed by atoms with Crippen molar-refractivity contribution >= 4 is 35.4 Å². The van der Waals surface area contributed by atoms with Crippen molar-refractivity contribution in [2.45, 2.75) is 38.5 Å². The summed E-state index contributed by atoms with van der Waals surface area (Å²) in [4.78, 5) is 35.3. The summed E-state index contributed by atoms with van der Waals surface area (Å²) in [5.74, 6) is -1.24. The lowest BCUT2D eigenvalue weighted by atomic mass is 10.1. The molecule has 9 heteroatoms. The number of amides is 2. The number of ether oxygens (including phenoxy) is 1. The second-order valence-electron chi connectivity index (χ2n) is 7.81. The van der Waals surface area contributed by atoms with Crippen molar-refractivity contribution in [3.8, 4) is 0 Å². The van der Waals surface area contributed by atoms with Gasteiger partial charge in [0.15, 0.2) is 5.71 Å². The summed E-state index contributed by atoms with van der Waals surface area (Å²) in [5.41, 5.74) is 2.14. The van der Waals surface area contributed by atoms with Crippen LogP contribution in [0.15, 0.2) is 52.7 Å². The Morgan fingerprint density at radius 2 is 1.79 bits per heavy atom. The summed E-state index contributed by atoms with van der Waals surface area (Å²) in [5, 5.41) is 13.4. The van der Waals surface area contributed by atoms with E-state index in [4.69, 9.17) is 0 Å². The zero-order valence-electron chi connectivity index (χ0n) is 19.0. The number of nitrogens with zero attached hydrogens (tertiary/aromatic N) is 2. The topological polar surface area (TPSA) is 109 Å². The number of rotatable bonds is 11. The smallest absolute Gasteiger partial charge is 0.305 e. The average Bonchev–Trinajstić information content (AvgIpc) is 3.15. The lowest BCUT2D eigenvalue weighted by molar-refractivity contribution is -0.140. The van der Waals surface area contributed by atoms with Crippen LogP contribution in [0.25, 0.3) is 0 Å². The highest BCUT2D eigenvalue weighted by atomic mass is 19.1. The molecule has 1 heterocycles. The molecule has 34 heavy (non-hydrogen) atoms. The van der Waals surface area contributed by atoms with Crippen LogP contribution in [-0.2, 0) is 14.3 Å². The summed E-state index contributed by atoms with van der Waals surface area (Å²) in [6, 6.07) is 10.8. The number of hydrogen-bond acceptors (Lipinski definition) is 6. The normalized spacial score (nSPS) is 13.7. The maximum atomic E-state index is 13.5. The minimum atomic E-state index is -0.462. The number of halogens is 1. The maximum absolute atomic E-state index is 13.5. The van der Waals surface area contributed by atoms with Gasteiger partial charge in [-0.05, 0) is 48.7 Å². The van der Waals surface area contributed by atoms with E-state index in [1.165, 1.54) is 31.5 Å². The third-order valence-corrected chi connectivity index (χ3v) is 5.31. The number of carbonyl (C=O) groups excluding carboxylic acids is 3. The summed E-state index contributed by atoms with van der Waals surface area (Å²) < 4.78 is 18.1. The molecular weight excluding hydrogens is 439 g/mol. The van der Waals surface area contributed by atoms with Gasteiger partial charge in [-0.25, -0.2) is 4.39 Å². The number of hydrogen-bond donors (Lipinski definition) is 2.